The fourth-order valence-corrected chi connectivity index (χ4v) is 3.60. The van der Waals surface area contributed by atoms with Crippen LogP contribution in [0.4, 0.5) is 5.69 Å². The third kappa shape index (κ3) is 5.59. The van der Waals surface area contributed by atoms with Crippen molar-refractivity contribution < 1.29 is 14.3 Å². The average Bonchev–Trinajstić information content (AvgIpc) is 3.00. The van der Waals surface area contributed by atoms with Crippen molar-refractivity contribution in [1.29, 1.82) is 0 Å². The van der Waals surface area contributed by atoms with E-state index >= 15 is 0 Å². The van der Waals surface area contributed by atoms with Crippen LogP contribution in [0.25, 0.3) is 0 Å². The standard InChI is InChI=1S/C20H21N3O3S/c1-26-16-9-7-14(8-10-16)11-12-21-20(22-15-5-3-2-4-6-15)27-17-13-18(24)23-19(17)25/h2-10,17H,11-13H2,1H3,(H,21,22)(H,23,24,25)/t17-/m0/s1. The number of carbonyl (C=O) groups is 2. The Morgan fingerprint density at radius 1 is 1.19 bits per heavy atom. The van der Waals surface area contributed by atoms with Crippen molar-refractivity contribution in [3.8, 4) is 5.75 Å². The number of rotatable bonds is 6. The number of amides is 2. The van der Waals surface area contributed by atoms with Gasteiger partial charge < -0.3 is 10.1 Å². The van der Waals surface area contributed by atoms with Gasteiger partial charge in [0.2, 0.25) is 11.8 Å². The van der Waals surface area contributed by atoms with E-state index in [2.05, 4.69) is 15.6 Å². The number of methoxy groups -OCH3 is 1. The fraction of sp³-hybridized carbons (Fsp3) is 0.250. The molecule has 0 unspecified atom stereocenters. The number of amidine groups is 1. The van der Waals surface area contributed by atoms with Crippen LogP contribution < -0.4 is 15.4 Å². The smallest absolute Gasteiger partial charge is 0.240 e. The molecule has 1 fully saturated rings. The second-order valence-corrected chi connectivity index (χ2v) is 7.19. The van der Waals surface area contributed by atoms with Gasteiger partial charge in [0.1, 0.15) is 11.0 Å². The molecule has 3 rings (SSSR count). The summed E-state index contributed by atoms with van der Waals surface area (Å²) in [7, 11) is 1.64. The maximum Gasteiger partial charge on any atom is 0.240 e. The highest BCUT2D eigenvalue weighted by Gasteiger charge is 2.32. The molecule has 1 aliphatic heterocycles. The number of thioether (sulfide) groups is 1. The predicted octanol–water partition coefficient (Wildman–Crippen LogP) is 2.85. The van der Waals surface area contributed by atoms with Crippen molar-refractivity contribution >= 4 is 34.4 Å². The predicted molar refractivity (Wildman–Crippen MR) is 108 cm³/mol. The zero-order chi connectivity index (χ0) is 19.1. The number of imide groups is 1. The van der Waals surface area contributed by atoms with Crippen LogP contribution in [0.3, 0.4) is 0 Å². The first-order chi connectivity index (χ1) is 13.1. The van der Waals surface area contributed by atoms with Crippen molar-refractivity contribution in [2.75, 3.05) is 19.0 Å². The second-order valence-electron chi connectivity index (χ2n) is 6.00. The molecule has 1 heterocycles. The van der Waals surface area contributed by atoms with Crippen molar-refractivity contribution in [2.45, 2.75) is 18.1 Å². The molecule has 0 aliphatic carbocycles. The molecule has 7 heteroatoms. The Kier molecular flexibility index (Phi) is 6.49. The first kappa shape index (κ1) is 19.0. The van der Waals surface area contributed by atoms with Crippen LogP contribution in [0.5, 0.6) is 5.75 Å². The van der Waals surface area contributed by atoms with Crippen LogP contribution in [0.2, 0.25) is 0 Å². The minimum Gasteiger partial charge on any atom is -0.497 e. The van der Waals surface area contributed by atoms with E-state index in [1.165, 1.54) is 11.8 Å². The summed E-state index contributed by atoms with van der Waals surface area (Å²) in [6.07, 6.45) is 0.942. The monoisotopic (exact) mass is 383 g/mol. The number of hydrogen-bond donors (Lipinski definition) is 2. The number of carbonyl (C=O) groups excluding carboxylic acids is 2. The molecular weight excluding hydrogens is 362 g/mol. The van der Waals surface area contributed by atoms with Crippen molar-refractivity contribution in [3.05, 3.63) is 60.2 Å². The molecule has 27 heavy (non-hydrogen) atoms. The summed E-state index contributed by atoms with van der Waals surface area (Å²) in [4.78, 5) is 27.9. The van der Waals surface area contributed by atoms with Crippen LogP contribution in [0.15, 0.2) is 59.6 Å². The molecule has 6 nitrogen and oxygen atoms in total. The normalized spacial score (nSPS) is 16.9. The third-order valence-electron chi connectivity index (χ3n) is 4.02. The van der Waals surface area contributed by atoms with E-state index in [-0.39, 0.29) is 18.2 Å². The molecular formula is C20H21N3O3S. The average molecular weight is 383 g/mol. The summed E-state index contributed by atoms with van der Waals surface area (Å²) in [5.74, 6) is 0.318. The number of hydrogen-bond acceptors (Lipinski definition) is 5. The molecule has 1 aliphatic rings. The lowest BCUT2D eigenvalue weighted by Gasteiger charge is -2.12. The Hall–Kier alpha value is -2.80. The Morgan fingerprint density at radius 3 is 2.56 bits per heavy atom. The van der Waals surface area contributed by atoms with Crippen molar-refractivity contribution in [2.24, 2.45) is 4.99 Å². The third-order valence-corrected chi connectivity index (χ3v) is 5.14. The molecule has 0 saturated carbocycles. The lowest BCUT2D eigenvalue weighted by Crippen LogP contribution is -2.25. The molecule has 1 saturated heterocycles. The van der Waals surface area contributed by atoms with Gasteiger partial charge >= 0.3 is 0 Å². The van der Waals surface area contributed by atoms with Gasteiger partial charge in [0, 0.05) is 18.7 Å². The minimum absolute atomic E-state index is 0.178. The number of anilines is 1. The lowest BCUT2D eigenvalue weighted by atomic mass is 10.1. The summed E-state index contributed by atoms with van der Waals surface area (Å²) in [6.45, 7) is 0.566. The van der Waals surface area contributed by atoms with E-state index in [1.807, 2.05) is 54.6 Å². The molecule has 1 atom stereocenters. The van der Waals surface area contributed by atoms with Gasteiger partial charge in [-0.2, -0.15) is 0 Å². The fourth-order valence-electron chi connectivity index (χ4n) is 2.59. The van der Waals surface area contributed by atoms with Gasteiger partial charge in [-0.3, -0.25) is 19.9 Å². The van der Waals surface area contributed by atoms with E-state index in [0.29, 0.717) is 11.7 Å². The highest BCUT2D eigenvalue weighted by molar-refractivity contribution is 8.15. The zero-order valence-corrected chi connectivity index (χ0v) is 15.8. The maximum absolute atomic E-state index is 11.9. The highest BCUT2D eigenvalue weighted by atomic mass is 32.2. The van der Waals surface area contributed by atoms with Crippen molar-refractivity contribution in [3.63, 3.8) is 0 Å². The zero-order valence-electron chi connectivity index (χ0n) is 15.0. The molecule has 140 valence electrons. The minimum atomic E-state index is -0.451. The Bertz CT molecular complexity index is 822. The summed E-state index contributed by atoms with van der Waals surface area (Å²) in [6, 6.07) is 17.5. The molecule has 2 aromatic rings. The Labute approximate surface area is 162 Å². The summed E-state index contributed by atoms with van der Waals surface area (Å²) in [5, 5.41) is 5.76. The van der Waals surface area contributed by atoms with E-state index in [4.69, 9.17) is 4.74 Å². The van der Waals surface area contributed by atoms with Crippen LogP contribution >= 0.6 is 11.8 Å². The second kappa shape index (κ2) is 9.23. The molecule has 0 aromatic heterocycles. The number of nitrogens with zero attached hydrogens (tertiary/aromatic N) is 1. The SMILES string of the molecule is COc1ccc(CCN=C(Nc2ccccc2)S[C@H]2CC(=O)NC2=O)cc1. The molecule has 2 amide bonds. The Morgan fingerprint density at radius 2 is 1.93 bits per heavy atom. The van der Waals surface area contributed by atoms with E-state index in [1.54, 1.807) is 7.11 Å². The molecule has 2 aromatic carbocycles. The number of ether oxygens (including phenoxy) is 1. The van der Waals surface area contributed by atoms with E-state index in [9.17, 15) is 9.59 Å². The number of aliphatic imine (C=N–C) groups is 1. The van der Waals surface area contributed by atoms with Gasteiger partial charge in [0.05, 0.1) is 7.11 Å². The molecule has 0 bridgehead atoms. The number of benzene rings is 2. The van der Waals surface area contributed by atoms with Crippen molar-refractivity contribution in [1.82, 2.24) is 5.32 Å². The van der Waals surface area contributed by atoms with Gasteiger partial charge in [0.15, 0.2) is 5.17 Å². The highest BCUT2D eigenvalue weighted by Crippen LogP contribution is 2.22. The maximum atomic E-state index is 11.9. The topological polar surface area (TPSA) is 79.8 Å². The van der Waals surface area contributed by atoms with Gasteiger partial charge in [0.25, 0.3) is 0 Å². The van der Waals surface area contributed by atoms with Gasteiger partial charge in [-0.25, -0.2) is 0 Å². The van der Waals surface area contributed by atoms with Gasteiger partial charge in [-0.15, -0.1) is 0 Å². The first-order valence-corrected chi connectivity index (χ1v) is 9.52. The summed E-state index contributed by atoms with van der Waals surface area (Å²) < 4.78 is 5.17. The number of para-hydroxylation sites is 1. The van der Waals surface area contributed by atoms with Gasteiger partial charge in [-0.05, 0) is 36.2 Å². The molecule has 2 N–H and O–H groups in total. The van der Waals surface area contributed by atoms with Crippen LogP contribution in [-0.4, -0.2) is 35.9 Å². The molecule has 0 spiro atoms. The quantitative estimate of drug-likeness (QED) is 0.456. The number of nitrogens with one attached hydrogen (secondary N) is 2. The summed E-state index contributed by atoms with van der Waals surface area (Å²) in [5.41, 5.74) is 2.04. The van der Waals surface area contributed by atoms with E-state index in [0.717, 1.165) is 23.4 Å². The van der Waals surface area contributed by atoms with Crippen LogP contribution in [-0.2, 0) is 16.0 Å². The molecule has 0 radical (unpaired) electrons. The van der Waals surface area contributed by atoms with Crippen LogP contribution in [0, 0.1) is 0 Å². The Balaban J connectivity index is 1.66. The van der Waals surface area contributed by atoms with Gasteiger partial charge in [-0.1, -0.05) is 42.1 Å². The first-order valence-electron chi connectivity index (χ1n) is 8.64. The lowest BCUT2D eigenvalue weighted by molar-refractivity contribution is -0.124. The van der Waals surface area contributed by atoms with E-state index < -0.39 is 5.25 Å². The summed E-state index contributed by atoms with van der Waals surface area (Å²) >= 11 is 1.29. The van der Waals surface area contributed by atoms with Crippen LogP contribution in [0.1, 0.15) is 12.0 Å². The largest absolute Gasteiger partial charge is 0.497 e.